The van der Waals surface area contributed by atoms with Gasteiger partial charge in [-0.2, -0.15) is 0 Å². The first-order valence-electron chi connectivity index (χ1n) is 5.38. The summed E-state index contributed by atoms with van der Waals surface area (Å²) in [6.45, 7) is 2.51. The van der Waals surface area contributed by atoms with Gasteiger partial charge in [0, 0.05) is 12.6 Å². The number of benzene rings is 1. The van der Waals surface area contributed by atoms with Gasteiger partial charge in [-0.3, -0.25) is 10.1 Å². The van der Waals surface area contributed by atoms with Crippen molar-refractivity contribution < 1.29 is 13.3 Å². The molecule has 0 aliphatic heterocycles. The molecule has 1 aromatic rings. The van der Waals surface area contributed by atoms with Crippen molar-refractivity contribution in [1.29, 1.82) is 0 Å². The van der Waals surface area contributed by atoms with Crippen LogP contribution in [-0.4, -0.2) is 26.9 Å². The summed E-state index contributed by atoms with van der Waals surface area (Å²) in [4.78, 5) is 10.2. The molecule has 0 saturated heterocycles. The van der Waals surface area contributed by atoms with Crippen LogP contribution in [0.25, 0.3) is 0 Å². The van der Waals surface area contributed by atoms with Crippen LogP contribution in [0.15, 0.2) is 23.1 Å². The second-order valence-corrected chi connectivity index (χ2v) is 5.46. The van der Waals surface area contributed by atoms with Crippen LogP contribution < -0.4 is 10.0 Å². The van der Waals surface area contributed by atoms with E-state index in [0.29, 0.717) is 12.2 Å². The van der Waals surface area contributed by atoms with Gasteiger partial charge in [-0.1, -0.05) is 6.92 Å². The highest BCUT2D eigenvalue weighted by Crippen LogP contribution is 2.27. The van der Waals surface area contributed by atoms with Crippen LogP contribution in [0, 0.1) is 10.1 Å². The number of nitro benzene ring substituents is 1. The van der Waals surface area contributed by atoms with Crippen LogP contribution in [0.1, 0.15) is 13.3 Å². The third-order valence-electron chi connectivity index (χ3n) is 2.31. The van der Waals surface area contributed by atoms with E-state index in [1.165, 1.54) is 19.2 Å². The average molecular weight is 273 g/mol. The van der Waals surface area contributed by atoms with E-state index in [0.717, 1.165) is 12.5 Å². The summed E-state index contributed by atoms with van der Waals surface area (Å²) < 4.78 is 25.2. The van der Waals surface area contributed by atoms with E-state index in [1.54, 1.807) is 0 Å². The number of hydrogen-bond acceptors (Lipinski definition) is 5. The summed E-state index contributed by atoms with van der Waals surface area (Å²) in [5.74, 6) is 0. The number of anilines is 1. The van der Waals surface area contributed by atoms with Gasteiger partial charge >= 0.3 is 0 Å². The van der Waals surface area contributed by atoms with Gasteiger partial charge in [0.2, 0.25) is 10.0 Å². The van der Waals surface area contributed by atoms with Crippen molar-refractivity contribution in [3.05, 3.63) is 28.3 Å². The largest absolute Gasteiger partial charge is 0.380 e. The molecule has 0 spiro atoms. The lowest BCUT2D eigenvalue weighted by atomic mass is 10.2. The molecule has 0 unspecified atom stereocenters. The Morgan fingerprint density at radius 1 is 1.39 bits per heavy atom. The molecule has 0 fully saturated rings. The zero-order valence-corrected chi connectivity index (χ0v) is 11.0. The minimum Gasteiger partial charge on any atom is -0.380 e. The zero-order chi connectivity index (χ0) is 13.8. The van der Waals surface area contributed by atoms with Gasteiger partial charge in [-0.05, 0) is 25.6 Å². The Morgan fingerprint density at radius 2 is 2.06 bits per heavy atom. The molecule has 0 aliphatic rings. The van der Waals surface area contributed by atoms with Crippen molar-refractivity contribution in [3.63, 3.8) is 0 Å². The third kappa shape index (κ3) is 3.17. The fourth-order valence-corrected chi connectivity index (χ4v) is 2.11. The molecule has 100 valence electrons. The van der Waals surface area contributed by atoms with Crippen molar-refractivity contribution in [2.24, 2.45) is 0 Å². The number of rotatable bonds is 6. The number of nitrogens with zero attached hydrogens (tertiary/aromatic N) is 1. The van der Waals surface area contributed by atoms with Crippen LogP contribution in [0.4, 0.5) is 11.4 Å². The van der Waals surface area contributed by atoms with Gasteiger partial charge in [-0.25, -0.2) is 13.1 Å². The fraction of sp³-hybridized carbons (Fsp3) is 0.400. The molecule has 1 rings (SSSR count). The first-order chi connectivity index (χ1) is 8.42. The first kappa shape index (κ1) is 14.4. The van der Waals surface area contributed by atoms with Gasteiger partial charge in [-0.15, -0.1) is 0 Å². The minimum absolute atomic E-state index is 0.126. The molecule has 0 amide bonds. The maximum absolute atomic E-state index is 11.5. The normalized spacial score (nSPS) is 11.2. The quantitative estimate of drug-likeness (QED) is 0.601. The molecule has 18 heavy (non-hydrogen) atoms. The Morgan fingerprint density at radius 3 is 2.56 bits per heavy atom. The highest BCUT2D eigenvalue weighted by atomic mass is 32.2. The SMILES string of the molecule is CCCNc1ccc(S(=O)(=O)NC)cc1[N+](=O)[O-]. The molecular formula is C10H15N3O4S. The Balaban J connectivity index is 3.23. The van der Waals surface area contributed by atoms with Crippen molar-refractivity contribution >= 4 is 21.4 Å². The third-order valence-corrected chi connectivity index (χ3v) is 3.72. The van der Waals surface area contributed by atoms with E-state index in [4.69, 9.17) is 0 Å². The molecule has 0 bridgehead atoms. The first-order valence-corrected chi connectivity index (χ1v) is 6.86. The standard InChI is InChI=1S/C10H15N3O4S/c1-3-6-12-9-5-4-8(18(16,17)11-2)7-10(9)13(14)15/h4-5,7,11-12H,3,6H2,1-2H3. The maximum atomic E-state index is 11.5. The van der Waals surface area contributed by atoms with Crippen LogP contribution in [-0.2, 0) is 10.0 Å². The number of nitro groups is 1. The lowest BCUT2D eigenvalue weighted by Gasteiger charge is -2.07. The Labute approximate surface area is 105 Å². The molecular weight excluding hydrogens is 258 g/mol. The molecule has 8 heteroatoms. The fourth-order valence-electron chi connectivity index (χ4n) is 1.36. The topological polar surface area (TPSA) is 101 Å². The molecule has 0 atom stereocenters. The highest BCUT2D eigenvalue weighted by molar-refractivity contribution is 7.89. The van der Waals surface area contributed by atoms with Gasteiger partial charge < -0.3 is 5.32 Å². The Kier molecular flexibility index (Phi) is 4.62. The molecule has 1 aromatic carbocycles. The second kappa shape index (κ2) is 5.78. The van der Waals surface area contributed by atoms with Gasteiger partial charge in [0.05, 0.1) is 9.82 Å². The van der Waals surface area contributed by atoms with Gasteiger partial charge in [0.15, 0.2) is 0 Å². The summed E-state index contributed by atoms with van der Waals surface area (Å²) in [6.07, 6.45) is 0.813. The van der Waals surface area contributed by atoms with Gasteiger partial charge in [0.1, 0.15) is 5.69 Å². The van der Waals surface area contributed by atoms with E-state index in [-0.39, 0.29) is 10.6 Å². The van der Waals surface area contributed by atoms with Crippen LogP contribution in [0.5, 0.6) is 0 Å². The molecule has 0 radical (unpaired) electrons. The van der Waals surface area contributed by atoms with E-state index in [9.17, 15) is 18.5 Å². The van der Waals surface area contributed by atoms with Gasteiger partial charge in [0.25, 0.3) is 5.69 Å². The van der Waals surface area contributed by atoms with Crippen molar-refractivity contribution in [1.82, 2.24) is 4.72 Å². The van der Waals surface area contributed by atoms with Crippen molar-refractivity contribution in [3.8, 4) is 0 Å². The summed E-state index contributed by atoms with van der Waals surface area (Å²) in [5.41, 5.74) is 0.0664. The number of hydrogen-bond donors (Lipinski definition) is 2. The monoisotopic (exact) mass is 273 g/mol. The van der Waals surface area contributed by atoms with E-state index >= 15 is 0 Å². The lowest BCUT2D eigenvalue weighted by Crippen LogP contribution is -2.18. The number of sulfonamides is 1. The molecule has 2 N–H and O–H groups in total. The zero-order valence-electron chi connectivity index (χ0n) is 10.1. The predicted molar refractivity (Wildman–Crippen MR) is 68.1 cm³/mol. The van der Waals surface area contributed by atoms with E-state index in [1.807, 2.05) is 6.92 Å². The summed E-state index contributed by atoms with van der Waals surface area (Å²) in [7, 11) is -2.42. The second-order valence-electron chi connectivity index (χ2n) is 3.57. The summed E-state index contributed by atoms with van der Waals surface area (Å²) in [6, 6.07) is 3.78. The predicted octanol–water partition coefficient (Wildman–Crippen LogP) is 1.32. The molecule has 0 aromatic heterocycles. The minimum atomic E-state index is -3.67. The molecule has 0 heterocycles. The maximum Gasteiger partial charge on any atom is 0.293 e. The highest BCUT2D eigenvalue weighted by Gasteiger charge is 2.19. The Bertz CT molecular complexity index is 542. The van der Waals surface area contributed by atoms with Crippen molar-refractivity contribution in [2.45, 2.75) is 18.2 Å². The average Bonchev–Trinajstić information content (AvgIpc) is 2.35. The lowest BCUT2D eigenvalue weighted by molar-refractivity contribution is -0.384. The van der Waals surface area contributed by atoms with E-state index in [2.05, 4.69) is 10.0 Å². The molecule has 0 saturated carbocycles. The molecule has 0 aliphatic carbocycles. The summed E-state index contributed by atoms with van der Waals surface area (Å²) in [5, 5.41) is 13.8. The van der Waals surface area contributed by atoms with Crippen LogP contribution >= 0.6 is 0 Å². The molecule has 7 nitrogen and oxygen atoms in total. The van der Waals surface area contributed by atoms with Crippen molar-refractivity contribution in [2.75, 3.05) is 18.9 Å². The summed E-state index contributed by atoms with van der Waals surface area (Å²) >= 11 is 0. The van der Waals surface area contributed by atoms with E-state index < -0.39 is 14.9 Å². The van der Waals surface area contributed by atoms with Crippen LogP contribution in [0.3, 0.4) is 0 Å². The Hall–Kier alpha value is -1.67. The van der Waals surface area contributed by atoms with Crippen LogP contribution in [0.2, 0.25) is 0 Å². The number of nitrogens with one attached hydrogen (secondary N) is 2. The smallest absolute Gasteiger partial charge is 0.293 e.